The highest BCUT2D eigenvalue weighted by molar-refractivity contribution is 5.17. The molecule has 0 amide bonds. The molecule has 0 aromatic heterocycles. The van der Waals surface area contributed by atoms with Crippen LogP contribution in [-0.4, -0.2) is 54.2 Å². The third-order valence-corrected chi connectivity index (χ3v) is 4.19. The molecule has 0 aliphatic heterocycles. The fourth-order valence-electron chi connectivity index (χ4n) is 2.63. The predicted molar refractivity (Wildman–Crippen MR) is 90.5 cm³/mol. The summed E-state index contributed by atoms with van der Waals surface area (Å²) in [7, 11) is 0. The van der Waals surface area contributed by atoms with Gasteiger partial charge in [-0.25, -0.2) is 0 Å². The average Bonchev–Trinajstić information content (AvgIpc) is 2.55. The summed E-state index contributed by atoms with van der Waals surface area (Å²) < 4.78 is 0. The topological polar surface area (TPSA) is 26.7 Å². The molecule has 0 fully saturated rings. The summed E-state index contributed by atoms with van der Waals surface area (Å²) in [6.07, 6.45) is 1.67. The lowest BCUT2D eigenvalue weighted by Gasteiger charge is -2.24. The van der Waals surface area contributed by atoms with Gasteiger partial charge in [0.15, 0.2) is 0 Å². The molecule has 0 aliphatic carbocycles. The molecule has 1 rings (SSSR count). The summed E-state index contributed by atoms with van der Waals surface area (Å²) in [6.45, 7) is 13.2. The molecule has 0 aliphatic rings. The highest BCUT2D eigenvalue weighted by Crippen LogP contribution is 2.16. The van der Waals surface area contributed by atoms with Crippen LogP contribution in [0.25, 0.3) is 0 Å². The van der Waals surface area contributed by atoms with E-state index in [1.54, 1.807) is 0 Å². The van der Waals surface area contributed by atoms with Gasteiger partial charge in [-0.05, 0) is 51.1 Å². The van der Waals surface area contributed by atoms with E-state index in [1.165, 1.54) is 13.0 Å². The van der Waals surface area contributed by atoms with Crippen molar-refractivity contribution in [3.8, 4) is 0 Å². The first-order valence-electron chi connectivity index (χ1n) is 8.38. The fraction of sp³-hybridized carbons (Fsp3) is 0.667. The second kappa shape index (κ2) is 10.8. The minimum Gasteiger partial charge on any atom is -0.388 e. The molecule has 0 spiro atoms. The van der Waals surface area contributed by atoms with Crippen LogP contribution in [0.5, 0.6) is 0 Å². The van der Waals surface area contributed by atoms with Crippen molar-refractivity contribution in [1.82, 2.24) is 9.80 Å². The maximum Gasteiger partial charge on any atom is 0.0802 e. The van der Waals surface area contributed by atoms with Crippen molar-refractivity contribution in [2.24, 2.45) is 0 Å². The predicted octanol–water partition coefficient (Wildman–Crippen LogP) is 3.16. The summed E-state index contributed by atoms with van der Waals surface area (Å²) in [5.74, 6) is 0. The van der Waals surface area contributed by atoms with Gasteiger partial charge in [0.2, 0.25) is 0 Å². The van der Waals surface area contributed by atoms with Crippen molar-refractivity contribution in [1.29, 1.82) is 0 Å². The van der Waals surface area contributed by atoms with E-state index in [0.29, 0.717) is 0 Å². The second-order valence-corrected chi connectivity index (χ2v) is 5.53. The molecule has 1 aromatic rings. The number of benzene rings is 1. The Labute approximate surface area is 130 Å². The van der Waals surface area contributed by atoms with Crippen LogP contribution in [0.2, 0.25) is 0 Å². The van der Waals surface area contributed by atoms with Crippen LogP contribution in [0.4, 0.5) is 0 Å². The van der Waals surface area contributed by atoms with Crippen molar-refractivity contribution < 1.29 is 5.11 Å². The maximum absolute atomic E-state index is 10.2. The van der Waals surface area contributed by atoms with Gasteiger partial charge in [-0.1, -0.05) is 51.1 Å². The molecule has 3 heteroatoms. The second-order valence-electron chi connectivity index (χ2n) is 5.53. The van der Waals surface area contributed by atoms with Crippen molar-refractivity contribution in [2.75, 3.05) is 39.3 Å². The molecule has 120 valence electrons. The smallest absolute Gasteiger partial charge is 0.0802 e. The van der Waals surface area contributed by atoms with E-state index in [0.717, 1.165) is 44.7 Å². The van der Waals surface area contributed by atoms with E-state index >= 15 is 0 Å². The number of aliphatic hydroxyl groups is 1. The maximum atomic E-state index is 10.2. The summed E-state index contributed by atoms with van der Waals surface area (Å²) >= 11 is 0. The molecule has 1 N–H and O–H groups in total. The lowest BCUT2D eigenvalue weighted by atomic mass is 10.1. The third-order valence-electron chi connectivity index (χ3n) is 4.19. The Morgan fingerprint density at radius 1 is 0.857 bits per heavy atom. The average molecular weight is 292 g/mol. The largest absolute Gasteiger partial charge is 0.388 e. The molecule has 0 heterocycles. The first kappa shape index (κ1) is 18.1. The molecule has 0 saturated carbocycles. The molecular formula is C18H32N2O. The Hall–Kier alpha value is -0.900. The van der Waals surface area contributed by atoms with Crippen LogP contribution in [0.15, 0.2) is 30.3 Å². The number of hydrogen-bond acceptors (Lipinski definition) is 3. The molecule has 21 heavy (non-hydrogen) atoms. The van der Waals surface area contributed by atoms with Crippen molar-refractivity contribution in [3.63, 3.8) is 0 Å². The highest BCUT2D eigenvalue weighted by atomic mass is 16.3. The molecule has 3 nitrogen and oxygen atoms in total. The van der Waals surface area contributed by atoms with Crippen molar-refractivity contribution >= 4 is 0 Å². The lowest BCUT2D eigenvalue weighted by molar-refractivity contribution is 0.141. The molecule has 1 aromatic carbocycles. The molecule has 0 saturated heterocycles. The van der Waals surface area contributed by atoms with E-state index < -0.39 is 0 Å². The standard InChI is InChI=1S/C18H32N2O/c1-4-19(5-2)14-10-15-20(6-3)16-13-18(21)17-11-8-7-9-12-17/h7-9,11-12,18,21H,4-6,10,13-16H2,1-3H3. The molecule has 1 atom stereocenters. The van der Waals surface area contributed by atoms with E-state index in [2.05, 4.69) is 30.6 Å². The first-order valence-corrected chi connectivity index (χ1v) is 8.38. The van der Waals surface area contributed by atoms with Crippen LogP contribution in [0.3, 0.4) is 0 Å². The highest BCUT2D eigenvalue weighted by Gasteiger charge is 2.10. The van der Waals surface area contributed by atoms with Gasteiger partial charge in [0.05, 0.1) is 6.10 Å². The molecular weight excluding hydrogens is 260 g/mol. The number of rotatable bonds is 11. The Bertz CT molecular complexity index is 351. The van der Waals surface area contributed by atoms with Crippen molar-refractivity contribution in [2.45, 2.75) is 39.7 Å². The lowest BCUT2D eigenvalue weighted by Crippen LogP contribution is -2.31. The fourth-order valence-corrected chi connectivity index (χ4v) is 2.63. The number of hydrogen-bond donors (Lipinski definition) is 1. The summed E-state index contributed by atoms with van der Waals surface area (Å²) in [5, 5.41) is 10.2. The Kier molecular flexibility index (Phi) is 9.31. The van der Waals surface area contributed by atoms with Crippen LogP contribution in [0.1, 0.15) is 45.3 Å². The van der Waals surface area contributed by atoms with Gasteiger partial charge < -0.3 is 14.9 Å². The van der Waals surface area contributed by atoms with Gasteiger partial charge in [-0.15, -0.1) is 0 Å². The monoisotopic (exact) mass is 292 g/mol. The van der Waals surface area contributed by atoms with Crippen LogP contribution < -0.4 is 0 Å². The van der Waals surface area contributed by atoms with Crippen LogP contribution in [-0.2, 0) is 0 Å². The first-order chi connectivity index (χ1) is 10.2. The Morgan fingerprint density at radius 3 is 2.00 bits per heavy atom. The van der Waals surface area contributed by atoms with E-state index in [1.807, 2.05) is 30.3 Å². The normalized spacial score (nSPS) is 13.0. The van der Waals surface area contributed by atoms with Crippen LogP contribution >= 0.6 is 0 Å². The van der Waals surface area contributed by atoms with Crippen molar-refractivity contribution in [3.05, 3.63) is 35.9 Å². The van der Waals surface area contributed by atoms with Gasteiger partial charge in [-0.3, -0.25) is 0 Å². The molecule has 1 unspecified atom stereocenters. The van der Waals surface area contributed by atoms with E-state index in [-0.39, 0.29) is 6.10 Å². The Morgan fingerprint density at radius 2 is 1.43 bits per heavy atom. The van der Waals surface area contributed by atoms with Gasteiger partial charge >= 0.3 is 0 Å². The zero-order chi connectivity index (χ0) is 15.5. The van der Waals surface area contributed by atoms with Gasteiger partial charge in [0.25, 0.3) is 0 Å². The molecule has 0 radical (unpaired) electrons. The van der Waals surface area contributed by atoms with Gasteiger partial charge in [-0.2, -0.15) is 0 Å². The van der Waals surface area contributed by atoms with E-state index in [4.69, 9.17) is 0 Å². The number of nitrogens with zero attached hydrogens (tertiary/aromatic N) is 2. The summed E-state index contributed by atoms with van der Waals surface area (Å²) in [4.78, 5) is 4.91. The SMILES string of the molecule is CCN(CC)CCCN(CC)CCC(O)c1ccccc1. The van der Waals surface area contributed by atoms with Crippen LogP contribution in [0, 0.1) is 0 Å². The zero-order valence-electron chi connectivity index (χ0n) is 14.0. The quantitative estimate of drug-likeness (QED) is 0.678. The minimum atomic E-state index is -0.344. The van der Waals surface area contributed by atoms with E-state index in [9.17, 15) is 5.11 Å². The van der Waals surface area contributed by atoms with Gasteiger partial charge in [0, 0.05) is 6.54 Å². The zero-order valence-corrected chi connectivity index (χ0v) is 14.0. The summed E-state index contributed by atoms with van der Waals surface area (Å²) in [6, 6.07) is 9.96. The summed E-state index contributed by atoms with van der Waals surface area (Å²) in [5.41, 5.74) is 1.02. The van der Waals surface area contributed by atoms with Gasteiger partial charge in [0.1, 0.15) is 0 Å². The number of aliphatic hydroxyl groups excluding tert-OH is 1. The third kappa shape index (κ3) is 7.07. The molecule has 0 bridgehead atoms. The Balaban J connectivity index is 2.27. The minimum absolute atomic E-state index is 0.344.